The van der Waals surface area contributed by atoms with Gasteiger partial charge in [-0.2, -0.15) is 5.06 Å². The van der Waals surface area contributed by atoms with E-state index >= 15 is 0 Å². The predicted octanol–water partition coefficient (Wildman–Crippen LogP) is 2.61. The van der Waals surface area contributed by atoms with Gasteiger partial charge < -0.3 is 14.4 Å². The monoisotopic (exact) mass is 360 g/mol. The molecule has 26 heavy (non-hydrogen) atoms. The van der Waals surface area contributed by atoms with Gasteiger partial charge in [0.2, 0.25) is 12.7 Å². The normalized spacial score (nSPS) is 25.7. The molecular weight excluding hydrogens is 332 g/mol. The summed E-state index contributed by atoms with van der Waals surface area (Å²) >= 11 is 0. The van der Waals surface area contributed by atoms with E-state index in [1.54, 1.807) is 0 Å². The number of nitrogens with zero attached hydrogens (tertiary/aromatic N) is 2. The van der Waals surface area contributed by atoms with Crippen LogP contribution in [0.25, 0.3) is 0 Å². The van der Waals surface area contributed by atoms with Crippen molar-refractivity contribution in [1.82, 2.24) is 9.96 Å². The number of carbonyl (C=O) groups excluding carboxylic acids is 1. The number of carbonyl (C=O) groups is 1. The average Bonchev–Trinajstić information content (AvgIpc) is 3.30. The summed E-state index contributed by atoms with van der Waals surface area (Å²) < 4.78 is 10.9. The first-order valence-corrected chi connectivity index (χ1v) is 9.66. The van der Waals surface area contributed by atoms with Crippen LogP contribution in [-0.2, 0) is 16.1 Å². The molecule has 6 nitrogen and oxygen atoms in total. The molecule has 4 rings (SSSR count). The Morgan fingerprint density at radius 2 is 2.08 bits per heavy atom. The first-order chi connectivity index (χ1) is 12.6. The van der Waals surface area contributed by atoms with Crippen LogP contribution in [0.15, 0.2) is 18.2 Å². The van der Waals surface area contributed by atoms with Crippen LogP contribution in [-0.4, -0.2) is 55.4 Å². The van der Waals surface area contributed by atoms with Crippen LogP contribution in [0.5, 0.6) is 11.5 Å². The number of fused-ring (bicyclic) bond motifs is 1. The van der Waals surface area contributed by atoms with E-state index in [0.29, 0.717) is 19.8 Å². The molecule has 1 aromatic carbocycles. The number of ether oxygens (including phenoxy) is 2. The molecule has 142 valence electrons. The van der Waals surface area contributed by atoms with Crippen LogP contribution in [0, 0.1) is 5.41 Å². The maximum atomic E-state index is 12.7. The highest BCUT2D eigenvalue weighted by Crippen LogP contribution is 2.37. The van der Waals surface area contributed by atoms with Crippen LogP contribution < -0.4 is 9.47 Å². The molecule has 0 spiro atoms. The fourth-order valence-corrected chi connectivity index (χ4v) is 4.27. The lowest BCUT2D eigenvalue weighted by Crippen LogP contribution is -2.46. The zero-order valence-corrected chi connectivity index (χ0v) is 15.5. The smallest absolute Gasteiger partial charge is 0.231 e. The van der Waals surface area contributed by atoms with Crippen molar-refractivity contribution in [3.63, 3.8) is 0 Å². The number of benzene rings is 1. The summed E-state index contributed by atoms with van der Waals surface area (Å²) in [6.07, 6.45) is 4.75. The zero-order valence-electron chi connectivity index (χ0n) is 15.5. The molecule has 0 aliphatic carbocycles. The molecule has 0 N–H and O–H groups in total. The van der Waals surface area contributed by atoms with Gasteiger partial charge in [0, 0.05) is 32.6 Å². The SMILES string of the molecule is C[C@@]1(Cc2ccc3c(c2)OCO3)CCCN(C(=O)CCN2CCCO2)C1. The minimum atomic E-state index is 0.103. The van der Waals surface area contributed by atoms with E-state index in [9.17, 15) is 4.79 Å². The highest BCUT2D eigenvalue weighted by Gasteiger charge is 2.33. The van der Waals surface area contributed by atoms with E-state index in [4.69, 9.17) is 14.3 Å². The Morgan fingerprint density at radius 1 is 1.19 bits per heavy atom. The molecule has 3 heterocycles. The molecule has 0 aromatic heterocycles. The highest BCUT2D eigenvalue weighted by molar-refractivity contribution is 5.76. The lowest BCUT2D eigenvalue weighted by atomic mass is 9.77. The molecule has 1 aromatic rings. The molecule has 2 fully saturated rings. The van der Waals surface area contributed by atoms with Crippen molar-refractivity contribution in [1.29, 1.82) is 0 Å². The standard InChI is InChI=1S/C20H28N2O4/c1-20(13-16-4-5-17-18(12-16)25-15-24-17)7-2-8-21(14-20)19(23)6-10-22-9-3-11-26-22/h4-5,12H,2-3,6-11,13-15H2,1H3/t20-/m0/s1. The van der Waals surface area contributed by atoms with E-state index < -0.39 is 0 Å². The van der Waals surface area contributed by atoms with Crippen molar-refractivity contribution in [2.45, 2.75) is 39.0 Å². The second kappa shape index (κ2) is 7.45. The largest absolute Gasteiger partial charge is 0.454 e. The van der Waals surface area contributed by atoms with Crippen molar-refractivity contribution in [3.05, 3.63) is 23.8 Å². The molecule has 3 aliphatic heterocycles. The Bertz CT molecular complexity index is 659. The third kappa shape index (κ3) is 3.96. The second-order valence-corrected chi connectivity index (χ2v) is 7.96. The summed E-state index contributed by atoms with van der Waals surface area (Å²) in [5.41, 5.74) is 1.35. The Balaban J connectivity index is 1.34. The number of amides is 1. The Labute approximate surface area is 154 Å². The number of piperidine rings is 1. The minimum Gasteiger partial charge on any atom is -0.454 e. The van der Waals surface area contributed by atoms with Crippen LogP contribution in [0.4, 0.5) is 0 Å². The van der Waals surface area contributed by atoms with E-state index in [1.807, 2.05) is 16.0 Å². The van der Waals surface area contributed by atoms with E-state index in [-0.39, 0.29) is 11.3 Å². The maximum Gasteiger partial charge on any atom is 0.231 e. The zero-order chi connectivity index (χ0) is 18.0. The molecule has 6 heteroatoms. The van der Waals surface area contributed by atoms with Gasteiger partial charge in [-0.25, -0.2) is 0 Å². The minimum absolute atomic E-state index is 0.103. The summed E-state index contributed by atoms with van der Waals surface area (Å²) in [6, 6.07) is 6.19. The van der Waals surface area contributed by atoms with Gasteiger partial charge in [-0.05, 0) is 48.8 Å². The summed E-state index contributed by atoms with van der Waals surface area (Å²) in [7, 11) is 0. The summed E-state index contributed by atoms with van der Waals surface area (Å²) in [5, 5.41) is 1.92. The third-order valence-electron chi connectivity index (χ3n) is 5.60. The van der Waals surface area contributed by atoms with Gasteiger partial charge in [0.25, 0.3) is 0 Å². The Hall–Kier alpha value is -1.79. The van der Waals surface area contributed by atoms with Gasteiger partial charge in [0.05, 0.1) is 6.61 Å². The van der Waals surface area contributed by atoms with Crippen molar-refractivity contribution in [2.75, 3.05) is 39.6 Å². The molecule has 0 unspecified atom stereocenters. The molecule has 0 saturated carbocycles. The fraction of sp³-hybridized carbons (Fsp3) is 0.650. The molecule has 2 saturated heterocycles. The molecular formula is C20H28N2O4. The van der Waals surface area contributed by atoms with Crippen molar-refractivity contribution >= 4 is 5.91 Å². The quantitative estimate of drug-likeness (QED) is 0.808. The summed E-state index contributed by atoms with van der Waals surface area (Å²) in [5.74, 6) is 1.90. The topological polar surface area (TPSA) is 51.2 Å². The van der Waals surface area contributed by atoms with E-state index in [0.717, 1.165) is 63.4 Å². The van der Waals surface area contributed by atoms with Gasteiger partial charge in [-0.15, -0.1) is 0 Å². The first-order valence-electron chi connectivity index (χ1n) is 9.66. The van der Waals surface area contributed by atoms with Gasteiger partial charge in [-0.3, -0.25) is 9.63 Å². The number of rotatable bonds is 5. The van der Waals surface area contributed by atoms with Gasteiger partial charge >= 0.3 is 0 Å². The number of likely N-dealkylation sites (tertiary alicyclic amines) is 1. The second-order valence-electron chi connectivity index (χ2n) is 7.96. The molecule has 0 radical (unpaired) electrons. The van der Waals surface area contributed by atoms with Crippen LogP contribution in [0.1, 0.15) is 38.2 Å². The average molecular weight is 360 g/mol. The van der Waals surface area contributed by atoms with E-state index in [2.05, 4.69) is 19.1 Å². The van der Waals surface area contributed by atoms with Crippen molar-refractivity contribution < 1.29 is 19.1 Å². The maximum absolute atomic E-state index is 12.7. The molecule has 1 atom stereocenters. The molecule has 3 aliphatic rings. The first kappa shape index (κ1) is 17.6. The number of hydrogen-bond donors (Lipinski definition) is 0. The highest BCUT2D eigenvalue weighted by atomic mass is 16.7. The fourth-order valence-electron chi connectivity index (χ4n) is 4.27. The molecule has 1 amide bonds. The summed E-state index contributed by atoms with van der Waals surface area (Å²) in [4.78, 5) is 20.2. The van der Waals surface area contributed by atoms with Crippen LogP contribution in [0.3, 0.4) is 0 Å². The van der Waals surface area contributed by atoms with Gasteiger partial charge in [-0.1, -0.05) is 13.0 Å². The van der Waals surface area contributed by atoms with E-state index in [1.165, 1.54) is 5.56 Å². The molecule has 0 bridgehead atoms. The lowest BCUT2D eigenvalue weighted by Gasteiger charge is -2.41. The van der Waals surface area contributed by atoms with Crippen LogP contribution >= 0.6 is 0 Å². The summed E-state index contributed by atoms with van der Waals surface area (Å²) in [6.45, 7) is 6.71. The Kier molecular flexibility index (Phi) is 5.05. The van der Waals surface area contributed by atoms with Crippen molar-refractivity contribution in [3.8, 4) is 11.5 Å². The Morgan fingerprint density at radius 3 is 2.92 bits per heavy atom. The number of hydroxylamine groups is 2. The lowest BCUT2D eigenvalue weighted by molar-refractivity contribution is -0.141. The predicted molar refractivity (Wildman–Crippen MR) is 96.9 cm³/mol. The van der Waals surface area contributed by atoms with Crippen LogP contribution in [0.2, 0.25) is 0 Å². The van der Waals surface area contributed by atoms with Crippen molar-refractivity contribution in [2.24, 2.45) is 5.41 Å². The van der Waals surface area contributed by atoms with Gasteiger partial charge in [0.1, 0.15) is 0 Å². The van der Waals surface area contributed by atoms with Gasteiger partial charge in [0.15, 0.2) is 11.5 Å². The number of hydrogen-bond acceptors (Lipinski definition) is 5. The third-order valence-corrected chi connectivity index (χ3v) is 5.60.